The monoisotopic (exact) mass is 434 g/mol. The molecule has 30 heavy (non-hydrogen) atoms. The minimum atomic E-state index is -3.31. The van der Waals surface area contributed by atoms with E-state index in [1.54, 1.807) is 24.3 Å². The Morgan fingerprint density at radius 3 is 2.20 bits per heavy atom. The fraction of sp³-hybridized carbons (Fsp3) is 0.409. The van der Waals surface area contributed by atoms with Crippen molar-refractivity contribution in [3.05, 3.63) is 54.1 Å². The zero-order chi connectivity index (χ0) is 22.1. The van der Waals surface area contributed by atoms with E-state index in [2.05, 4.69) is 5.32 Å². The van der Waals surface area contributed by atoms with Gasteiger partial charge in [0.15, 0.2) is 6.61 Å². The van der Waals surface area contributed by atoms with Gasteiger partial charge in [-0.05, 0) is 68.7 Å². The molecule has 0 bridgehead atoms. The quantitative estimate of drug-likeness (QED) is 0.550. The minimum Gasteiger partial charge on any atom is -0.491 e. The molecule has 0 unspecified atom stereocenters. The maximum atomic E-state index is 11.9. The molecule has 0 fully saturated rings. The summed E-state index contributed by atoms with van der Waals surface area (Å²) in [5.41, 5.74) is 1.72. The summed E-state index contributed by atoms with van der Waals surface area (Å²) in [6.45, 7) is 4.45. The Balaban J connectivity index is 1.68. The lowest BCUT2D eigenvalue weighted by Crippen LogP contribution is -2.30. The van der Waals surface area contributed by atoms with Gasteiger partial charge in [0.2, 0.25) is 10.0 Å². The van der Waals surface area contributed by atoms with Crippen molar-refractivity contribution >= 4 is 21.6 Å². The molecule has 1 N–H and O–H groups in total. The van der Waals surface area contributed by atoms with Crippen molar-refractivity contribution in [3.63, 3.8) is 0 Å². The molecule has 0 saturated heterocycles. The van der Waals surface area contributed by atoms with Crippen LogP contribution in [-0.2, 0) is 21.2 Å². The Labute approximate surface area is 179 Å². The van der Waals surface area contributed by atoms with Gasteiger partial charge >= 0.3 is 0 Å². The van der Waals surface area contributed by atoms with Crippen LogP contribution in [0.25, 0.3) is 0 Å². The number of rotatable bonds is 11. The van der Waals surface area contributed by atoms with Crippen molar-refractivity contribution in [2.24, 2.45) is 0 Å². The average molecular weight is 435 g/mol. The number of carbonyl (C=O) groups is 1. The smallest absolute Gasteiger partial charge is 0.257 e. The average Bonchev–Trinajstić information content (AvgIpc) is 2.69. The number of amides is 1. The number of anilines is 1. The van der Waals surface area contributed by atoms with E-state index in [0.717, 1.165) is 24.8 Å². The lowest BCUT2D eigenvalue weighted by Gasteiger charge is -2.16. The molecule has 7 nitrogen and oxygen atoms in total. The largest absolute Gasteiger partial charge is 0.491 e. The molecular weight excluding hydrogens is 404 g/mol. The van der Waals surface area contributed by atoms with E-state index >= 15 is 0 Å². The first-order valence-corrected chi connectivity index (χ1v) is 11.7. The predicted molar refractivity (Wildman–Crippen MR) is 119 cm³/mol. The number of nitrogens with zero attached hydrogens (tertiary/aromatic N) is 1. The number of aryl methyl sites for hydroxylation is 1. The van der Waals surface area contributed by atoms with Gasteiger partial charge in [-0.2, -0.15) is 0 Å². The Hall–Kier alpha value is -2.74. The number of carbonyl (C=O) groups excluding carboxylic acids is 1. The van der Waals surface area contributed by atoms with Crippen LogP contribution in [0.4, 0.5) is 5.69 Å². The minimum absolute atomic E-state index is 0.0947. The highest BCUT2D eigenvalue weighted by atomic mass is 32.2. The van der Waals surface area contributed by atoms with Gasteiger partial charge in [0.05, 0.1) is 18.0 Å². The number of nitrogens with one attached hydrogen (secondary N) is 1. The third-order valence-corrected chi connectivity index (χ3v) is 5.53. The molecule has 0 aliphatic heterocycles. The highest BCUT2D eigenvalue weighted by Crippen LogP contribution is 2.20. The second kappa shape index (κ2) is 10.9. The summed E-state index contributed by atoms with van der Waals surface area (Å²) in [4.78, 5) is 11.9. The van der Waals surface area contributed by atoms with Crippen molar-refractivity contribution in [2.75, 3.05) is 30.8 Å². The summed E-state index contributed by atoms with van der Waals surface area (Å²) >= 11 is 0. The number of ether oxygens (including phenoxy) is 2. The van der Waals surface area contributed by atoms with Crippen molar-refractivity contribution in [3.8, 4) is 11.5 Å². The molecule has 0 radical (unpaired) electrons. The van der Waals surface area contributed by atoms with E-state index in [9.17, 15) is 13.2 Å². The summed E-state index contributed by atoms with van der Waals surface area (Å²) in [5.74, 6) is 1.16. The SMILES string of the molecule is CC(C)Oc1ccc(CCCNC(=O)COc2ccc(N(C)S(C)(=O)=O)cc2)cc1. The lowest BCUT2D eigenvalue weighted by atomic mass is 10.1. The molecule has 0 aliphatic carbocycles. The molecular formula is C22H30N2O5S. The normalized spacial score (nSPS) is 11.2. The summed E-state index contributed by atoms with van der Waals surface area (Å²) in [6, 6.07) is 14.5. The first-order valence-electron chi connectivity index (χ1n) is 9.84. The number of hydrogen-bond acceptors (Lipinski definition) is 5. The topological polar surface area (TPSA) is 84.9 Å². The Kier molecular flexibility index (Phi) is 8.53. The van der Waals surface area contributed by atoms with Crippen LogP contribution in [0.15, 0.2) is 48.5 Å². The molecule has 2 rings (SSSR count). The molecule has 164 valence electrons. The maximum Gasteiger partial charge on any atom is 0.257 e. The molecule has 2 aromatic rings. The van der Waals surface area contributed by atoms with Gasteiger partial charge in [-0.15, -0.1) is 0 Å². The Morgan fingerprint density at radius 2 is 1.63 bits per heavy atom. The Bertz CT molecular complexity index is 910. The molecule has 0 aliphatic rings. The van der Waals surface area contributed by atoms with Gasteiger partial charge in [-0.1, -0.05) is 12.1 Å². The first-order chi connectivity index (χ1) is 14.1. The second-order valence-corrected chi connectivity index (χ2v) is 9.29. The lowest BCUT2D eigenvalue weighted by molar-refractivity contribution is -0.123. The Morgan fingerprint density at radius 1 is 1.03 bits per heavy atom. The van der Waals surface area contributed by atoms with Crippen LogP contribution in [0.2, 0.25) is 0 Å². The van der Waals surface area contributed by atoms with E-state index < -0.39 is 10.0 Å². The molecule has 8 heteroatoms. The van der Waals surface area contributed by atoms with Crippen molar-refractivity contribution in [1.29, 1.82) is 0 Å². The van der Waals surface area contributed by atoms with Gasteiger partial charge in [0, 0.05) is 13.6 Å². The second-order valence-electron chi connectivity index (χ2n) is 7.28. The molecule has 0 saturated carbocycles. The first kappa shape index (κ1) is 23.5. The van der Waals surface area contributed by atoms with Gasteiger partial charge in [0.25, 0.3) is 5.91 Å². The van der Waals surface area contributed by atoms with Crippen LogP contribution >= 0.6 is 0 Å². The summed E-state index contributed by atoms with van der Waals surface area (Å²) in [6.07, 6.45) is 2.97. The van der Waals surface area contributed by atoms with E-state index in [4.69, 9.17) is 9.47 Å². The molecule has 0 aromatic heterocycles. The van der Waals surface area contributed by atoms with E-state index in [1.165, 1.54) is 16.9 Å². The maximum absolute atomic E-state index is 11.9. The summed E-state index contributed by atoms with van der Waals surface area (Å²) in [5, 5.41) is 2.83. The molecule has 1 amide bonds. The van der Waals surface area contributed by atoms with Crippen molar-refractivity contribution < 1.29 is 22.7 Å². The predicted octanol–water partition coefficient (Wildman–Crippen LogP) is 3.00. The van der Waals surface area contributed by atoms with Crippen LogP contribution in [0.5, 0.6) is 11.5 Å². The zero-order valence-corrected chi connectivity index (χ0v) is 18.7. The van der Waals surface area contributed by atoms with E-state index in [-0.39, 0.29) is 18.6 Å². The number of sulfonamides is 1. The number of hydrogen-bond donors (Lipinski definition) is 1. The zero-order valence-electron chi connectivity index (χ0n) is 17.9. The van der Waals surface area contributed by atoms with Gasteiger partial charge in [-0.3, -0.25) is 9.10 Å². The highest BCUT2D eigenvalue weighted by molar-refractivity contribution is 7.92. The fourth-order valence-corrected chi connectivity index (χ4v) is 3.18. The summed E-state index contributed by atoms with van der Waals surface area (Å²) < 4.78 is 35.3. The van der Waals surface area contributed by atoms with Crippen LogP contribution in [0.1, 0.15) is 25.8 Å². The standard InChI is InChI=1S/C22H30N2O5S/c1-17(2)29-21-11-7-18(8-12-21)6-5-15-23-22(25)16-28-20-13-9-19(10-14-20)24(3)30(4,26)27/h7-14,17H,5-6,15-16H2,1-4H3,(H,23,25). The third-order valence-electron chi connectivity index (χ3n) is 4.33. The van der Waals surface area contributed by atoms with Crippen LogP contribution in [0, 0.1) is 0 Å². The molecule has 0 heterocycles. The van der Waals surface area contributed by atoms with Gasteiger partial charge < -0.3 is 14.8 Å². The van der Waals surface area contributed by atoms with Crippen LogP contribution in [0.3, 0.4) is 0 Å². The number of benzene rings is 2. The van der Waals surface area contributed by atoms with Crippen LogP contribution in [-0.4, -0.2) is 46.9 Å². The molecule has 0 atom stereocenters. The highest BCUT2D eigenvalue weighted by Gasteiger charge is 2.11. The third kappa shape index (κ3) is 7.94. The molecule has 0 spiro atoms. The van der Waals surface area contributed by atoms with Gasteiger partial charge in [-0.25, -0.2) is 8.42 Å². The molecule has 2 aromatic carbocycles. The fourth-order valence-electron chi connectivity index (χ4n) is 2.67. The van der Waals surface area contributed by atoms with E-state index in [0.29, 0.717) is 18.0 Å². The van der Waals surface area contributed by atoms with E-state index in [1.807, 2.05) is 38.1 Å². The summed E-state index contributed by atoms with van der Waals surface area (Å²) in [7, 11) is -1.83. The van der Waals surface area contributed by atoms with Crippen LogP contribution < -0.4 is 19.1 Å². The van der Waals surface area contributed by atoms with Crippen molar-refractivity contribution in [2.45, 2.75) is 32.8 Å². The van der Waals surface area contributed by atoms with Crippen molar-refractivity contribution in [1.82, 2.24) is 5.32 Å². The van der Waals surface area contributed by atoms with Gasteiger partial charge in [0.1, 0.15) is 11.5 Å².